The van der Waals surface area contributed by atoms with Crippen molar-refractivity contribution >= 4 is 16.7 Å². The molecule has 0 spiro atoms. The van der Waals surface area contributed by atoms with Crippen molar-refractivity contribution in [2.24, 2.45) is 11.8 Å². The first-order chi connectivity index (χ1) is 9.06. The predicted octanol–water partition coefficient (Wildman–Crippen LogP) is 3.79. The van der Waals surface area contributed by atoms with Gasteiger partial charge in [-0.25, -0.2) is 0 Å². The van der Waals surface area contributed by atoms with Crippen LogP contribution < -0.4 is 4.74 Å². The molecule has 1 heterocycles. The fourth-order valence-electron chi connectivity index (χ4n) is 2.54. The quantitative estimate of drug-likeness (QED) is 0.847. The van der Waals surface area contributed by atoms with Crippen molar-refractivity contribution in [3.63, 3.8) is 0 Å². The Balaban J connectivity index is 1.98. The molecule has 3 heteroatoms. The fraction of sp³-hybridized carbons (Fsp3) is 0.438. The summed E-state index contributed by atoms with van der Waals surface area (Å²) >= 11 is 0. The number of aromatic amines is 1. The van der Waals surface area contributed by atoms with Crippen LogP contribution in [0.25, 0.3) is 10.9 Å². The van der Waals surface area contributed by atoms with Crippen LogP contribution in [0.4, 0.5) is 0 Å². The van der Waals surface area contributed by atoms with Gasteiger partial charge in [-0.1, -0.05) is 6.92 Å². The Morgan fingerprint density at radius 2 is 2.16 bits per heavy atom. The number of hydrogen-bond donors (Lipinski definition) is 1. The molecule has 2 atom stereocenters. The van der Waals surface area contributed by atoms with Crippen molar-refractivity contribution < 1.29 is 9.53 Å². The number of fused-ring (bicyclic) bond motifs is 1. The molecule has 1 aromatic heterocycles. The smallest absolute Gasteiger partial charge is 0.168 e. The molecule has 3 nitrogen and oxygen atoms in total. The van der Waals surface area contributed by atoms with Gasteiger partial charge in [0, 0.05) is 28.6 Å². The summed E-state index contributed by atoms with van der Waals surface area (Å²) in [7, 11) is 0. The van der Waals surface area contributed by atoms with E-state index in [0.717, 1.165) is 28.6 Å². The summed E-state index contributed by atoms with van der Waals surface area (Å²) < 4.78 is 5.70. The summed E-state index contributed by atoms with van der Waals surface area (Å²) in [5, 5.41) is 0.974. The molecule has 0 saturated heterocycles. The van der Waals surface area contributed by atoms with Gasteiger partial charge in [0.25, 0.3) is 0 Å². The molecule has 3 rings (SSSR count). The highest BCUT2D eigenvalue weighted by Gasteiger charge is 2.40. The number of benzene rings is 1. The van der Waals surface area contributed by atoms with E-state index in [1.165, 1.54) is 0 Å². The van der Waals surface area contributed by atoms with E-state index in [-0.39, 0.29) is 17.8 Å². The molecular weight excluding hydrogens is 238 g/mol. The van der Waals surface area contributed by atoms with Gasteiger partial charge in [-0.15, -0.1) is 0 Å². The van der Waals surface area contributed by atoms with E-state index < -0.39 is 0 Å². The number of ether oxygens (including phenoxy) is 1. The Kier molecular flexibility index (Phi) is 2.85. The largest absolute Gasteiger partial charge is 0.491 e. The average molecular weight is 257 g/mol. The zero-order valence-corrected chi connectivity index (χ0v) is 11.6. The molecule has 1 N–H and O–H groups in total. The van der Waals surface area contributed by atoms with E-state index >= 15 is 0 Å². The Labute approximate surface area is 113 Å². The fourth-order valence-corrected chi connectivity index (χ4v) is 2.54. The molecule has 0 amide bonds. The van der Waals surface area contributed by atoms with E-state index in [0.29, 0.717) is 5.92 Å². The number of rotatable bonds is 4. The molecule has 1 saturated carbocycles. The normalized spacial score (nSPS) is 21.9. The summed E-state index contributed by atoms with van der Waals surface area (Å²) in [6.45, 7) is 6.13. The van der Waals surface area contributed by atoms with Crippen LogP contribution in [0.2, 0.25) is 0 Å². The Hall–Kier alpha value is -1.77. The van der Waals surface area contributed by atoms with Gasteiger partial charge in [-0.2, -0.15) is 0 Å². The zero-order valence-electron chi connectivity index (χ0n) is 11.6. The van der Waals surface area contributed by atoms with E-state index in [1.54, 1.807) is 0 Å². The van der Waals surface area contributed by atoms with Crippen LogP contribution in [0.1, 0.15) is 37.6 Å². The van der Waals surface area contributed by atoms with Crippen LogP contribution in [-0.4, -0.2) is 16.9 Å². The van der Waals surface area contributed by atoms with Crippen LogP contribution in [0.15, 0.2) is 24.4 Å². The molecule has 1 aromatic carbocycles. The number of ketones is 1. The second-order valence-corrected chi connectivity index (χ2v) is 5.76. The van der Waals surface area contributed by atoms with Crippen molar-refractivity contribution in [3.8, 4) is 5.75 Å². The van der Waals surface area contributed by atoms with Crippen LogP contribution in [-0.2, 0) is 0 Å². The second kappa shape index (κ2) is 4.41. The zero-order chi connectivity index (χ0) is 13.6. The third kappa shape index (κ3) is 2.25. The minimum atomic E-state index is 0.138. The number of H-pyrrole nitrogens is 1. The van der Waals surface area contributed by atoms with Gasteiger partial charge in [0.1, 0.15) is 5.75 Å². The highest BCUT2D eigenvalue weighted by molar-refractivity contribution is 6.10. The van der Waals surface area contributed by atoms with Crippen LogP contribution in [0.5, 0.6) is 5.75 Å². The highest BCUT2D eigenvalue weighted by atomic mass is 16.5. The highest BCUT2D eigenvalue weighted by Crippen LogP contribution is 2.41. The van der Waals surface area contributed by atoms with E-state index in [4.69, 9.17) is 4.74 Å². The molecule has 2 aromatic rings. The first-order valence-electron chi connectivity index (χ1n) is 6.88. The molecule has 0 radical (unpaired) electrons. The summed E-state index contributed by atoms with van der Waals surface area (Å²) in [5.74, 6) is 1.83. The molecular formula is C16H19NO2. The lowest BCUT2D eigenvalue weighted by molar-refractivity contribution is 0.0964. The van der Waals surface area contributed by atoms with Crippen LogP contribution >= 0.6 is 0 Å². The monoisotopic (exact) mass is 257 g/mol. The van der Waals surface area contributed by atoms with E-state index in [9.17, 15) is 4.79 Å². The number of aromatic nitrogens is 1. The molecule has 100 valence electrons. The second-order valence-electron chi connectivity index (χ2n) is 5.76. The summed E-state index contributed by atoms with van der Waals surface area (Å²) in [6, 6.07) is 5.87. The first kappa shape index (κ1) is 12.3. The lowest BCUT2D eigenvalue weighted by Gasteiger charge is -2.09. The lowest BCUT2D eigenvalue weighted by Crippen LogP contribution is -2.05. The maximum absolute atomic E-state index is 12.4. The van der Waals surface area contributed by atoms with Crippen LogP contribution in [0, 0.1) is 11.8 Å². The number of carbonyl (C=O) groups is 1. The van der Waals surface area contributed by atoms with Gasteiger partial charge < -0.3 is 9.72 Å². The third-order valence-electron chi connectivity index (χ3n) is 3.74. The minimum Gasteiger partial charge on any atom is -0.491 e. The van der Waals surface area contributed by atoms with Gasteiger partial charge in [-0.3, -0.25) is 4.79 Å². The van der Waals surface area contributed by atoms with Gasteiger partial charge >= 0.3 is 0 Å². The molecule has 1 aliphatic rings. The van der Waals surface area contributed by atoms with E-state index in [2.05, 4.69) is 11.9 Å². The van der Waals surface area contributed by atoms with Gasteiger partial charge in [0.2, 0.25) is 0 Å². The topological polar surface area (TPSA) is 42.1 Å². The average Bonchev–Trinajstić information content (AvgIpc) is 2.94. The molecule has 2 unspecified atom stereocenters. The van der Waals surface area contributed by atoms with Gasteiger partial charge in [-0.05, 0) is 44.4 Å². The predicted molar refractivity (Wildman–Crippen MR) is 75.7 cm³/mol. The SMILES string of the molecule is CC(C)Oc1ccc2[nH]cc(C(=O)C3CC3C)c2c1. The number of hydrogen-bond acceptors (Lipinski definition) is 2. The van der Waals surface area contributed by atoms with Gasteiger partial charge in [0.05, 0.1) is 6.10 Å². The standard InChI is InChI=1S/C16H19NO2/c1-9(2)19-11-4-5-15-13(7-11)14(8-17-15)16(18)12-6-10(12)3/h4-5,7-10,12,17H,6H2,1-3H3. The van der Waals surface area contributed by atoms with Crippen molar-refractivity contribution in [2.45, 2.75) is 33.3 Å². The Bertz CT molecular complexity index is 627. The molecule has 0 aliphatic heterocycles. The molecule has 19 heavy (non-hydrogen) atoms. The Morgan fingerprint density at radius 1 is 1.42 bits per heavy atom. The van der Waals surface area contributed by atoms with Crippen molar-refractivity contribution in [3.05, 3.63) is 30.0 Å². The van der Waals surface area contributed by atoms with Gasteiger partial charge in [0.15, 0.2) is 5.78 Å². The third-order valence-corrected chi connectivity index (χ3v) is 3.74. The van der Waals surface area contributed by atoms with E-state index in [1.807, 2.05) is 38.2 Å². The van der Waals surface area contributed by atoms with Crippen molar-refractivity contribution in [1.29, 1.82) is 0 Å². The Morgan fingerprint density at radius 3 is 2.79 bits per heavy atom. The summed E-state index contributed by atoms with van der Waals surface area (Å²) in [4.78, 5) is 15.5. The maximum atomic E-state index is 12.4. The summed E-state index contributed by atoms with van der Waals surface area (Å²) in [6.07, 6.45) is 2.99. The summed E-state index contributed by atoms with van der Waals surface area (Å²) in [5.41, 5.74) is 1.80. The lowest BCUT2D eigenvalue weighted by atomic mass is 10.1. The maximum Gasteiger partial charge on any atom is 0.168 e. The molecule has 1 aliphatic carbocycles. The van der Waals surface area contributed by atoms with Crippen LogP contribution in [0.3, 0.4) is 0 Å². The number of carbonyl (C=O) groups excluding carboxylic acids is 1. The van der Waals surface area contributed by atoms with Crippen molar-refractivity contribution in [2.75, 3.05) is 0 Å². The first-order valence-corrected chi connectivity index (χ1v) is 6.88. The molecule has 1 fully saturated rings. The number of nitrogens with one attached hydrogen (secondary N) is 1. The molecule has 0 bridgehead atoms. The van der Waals surface area contributed by atoms with Crippen molar-refractivity contribution in [1.82, 2.24) is 4.98 Å². The minimum absolute atomic E-state index is 0.138. The number of Topliss-reactive ketones (excluding diaryl/α,β-unsaturated/α-hetero) is 1.